The molecule has 0 bridgehead atoms. The summed E-state index contributed by atoms with van der Waals surface area (Å²) in [7, 11) is 1.82. The molecule has 2 spiro atoms. The van der Waals surface area contributed by atoms with Gasteiger partial charge in [0.05, 0.1) is 6.10 Å². The largest absolute Gasteiger partial charge is 0.462 e. The number of nitrogens with zero attached hydrogens (tertiary/aromatic N) is 1. The Morgan fingerprint density at radius 3 is 2.91 bits per heavy atom. The fourth-order valence-electron chi connectivity index (χ4n) is 5.16. The topological polar surface area (TPSA) is 56.8 Å². The first kappa shape index (κ1) is 15.5. The zero-order valence-electron chi connectivity index (χ0n) is 13.6. The first-order valence-electron chi connectivity index (χ1n) is 8.29. The van der Waals surface area contributed by atoms with Crippen molar-refractivity contribution in [1.29, 1.82) is 0 Å². The molecule has 5 heteroatoms. The molecule has 23 heavy (non-hydrogen) atoms. The van der Waals surface area contributed by atoms with E-state index < -0.39 is 0 Å². The zero-order valence-corrected chi connectivity index (χ0v) is 15.2. The summed E-state index contributed by atoms with van der Waals surface area (Å²) in [5.74, 6) is 0.514. The standard InChI is InChI=1S/C18H23BrN2O2/c1-11-8-17(6-5-15(11)22-2)9-12-3-4-13(19)7-14(12)18(17)10-23-16(20)21-18/h3-4,7,11,15H,5-6,8-10H2,1-2H3,(H2,20,21)/t11-,15-,17-,18+/m1/s1. The van der Waals surface area contributed by atoms with Crippen molar-refractivity contribution in [3.8, 4) is 0 Å². The molecular weight excluding hydrogens is 356 g/mol. The Balaban J connectivity index is 1.83. The lowest BCUT2D eigenvalue weighted by molar-refractivity contribution is -0.0445. The van der Waals surface area contributed by atoms with Gasteiger partial charge in [-0.05, 0) is 54.9 Å². The molecule has 0 unspecified atom stereocenters. The predicted octanol–water partition coefficient (Wildman–Crippen LogP) is 3.37. The number of amidine groups is 1. The van der Waals surface area contributed by atoms with Crippen LogP contribution in [0.1, 0.15) is 37.3 Å². The van der Waals surface area contributed by atoms with Crippen LogP contribution in [0.15, 0.2) is 27.7 Å². The number of benzene rings is 1. The van der Waals surface area contributed by atoms with Crippen molar-refractivity contribution in [3.63, 3.8) is 0 Å². The van der Waals surface area contributed by atoms with E-state index in [4.69, 9.17) is 20.2 Å². The first-order chi connectivity index (χ1) is 11.0. The smallest absolute Gasteiger partial charge is 0.283 e. The molecule has 0 radical (unpaired) electrons. The fourth-order valence-corrected chi connectivity index (χ4v) is 5.53. The molecule has 1 aromatic carbocycles. The van der Waals surface area contributed by atoms with Crippen molar-refractivity contribution in [3.05, 3.63) is 33.8 Å². The van der Waals surface area contributed by atoms with Gasteiger partial charge in [-0.15, -0.1) is 0 Å². The molecule has 4 atom stereocenters. The number of ether oxygens (including phenoxy) is 2. The summed E-state index contributed by atoms with van der Waals surface area (Å²) in [6, 6.07) is 6.90. The lowest BCUT2D eigenvalue weighted by Crippen LogP contribution is -2.48. The van der Waals surface area contributed by atoms with Gasteiger partial charge in [0.2, 0.25) is 0 Å². The highest BCUT2D eigenvalue weighted by Gasteiger charge is 2.62. The van der Waals surface area contributed by atoms with Crippen LogP contribution in [0.5, 0.6) is 0 Å². The third kappa shape index (κ3) is 2.09. The summed E-state index contributed by atoms with van der Waals surface area (Å²) in [6.07, 6.45) is 4.66. The molecule has 1 aromatic rings. The van der Waals surface area contributed by atoms with E-state index in [0.717, 1.165) is 30.2 Å². The van der Waals surface area contributed by atoms with E-state index in [2.05, 4.69) is 41.1 Å². The number of fused-ring (bicyclic) bond motifs is 3. The van der Waals surface area contributed by atoms with E-state index in [1.54, 1.807) is 0 Å². The molecule has 4 nitrogen and oxygen atoms in total. The summed E-state index contributed by atoms with van der Waals surface area (Å²) >= 11 is 3.61. The summed E-state index contributed by atoms with van der Waals surface area (Å²) in [5, 5.41) is 0. The molecule has 0 saturated heterocycles. The number of aliphatic imine (C=N–C) groups is 1. The van der Waals surface area contributed by atoms with Crippen molar-refractivity contribution in [2.75, 3.05) is 13.7 Å². The Morgan fingerprint density at radius 1 is 1.43 bits per heavy atom. The van der Waals surface area contributed by atoms with Crippen molar-refractivity contribution in [1.82, 2.24) is 0 Å². The second kappa shape index (κ2) is 5.21. The minimum atomic E-state index is -0.330. The highest BCUT2D eigenvalue weighted by atomic mass is 79.9. The van der Waals surface area contributed by atoms with E-state index in [-0.39, 0.29) is 11.0 Å². The molecule has 3 aliphatic rings. The van der Waals surface area contributed by atoms with Crippen molar-refractivity contribution in [2.45, 2.75) is 44.2 Å². The van der Waals surface area contributed by atoms with E-state index in [9.17, 15) is 0 Å². The van der Waals surface area contributed by atoms with Crippen LogP contribution in [0, 0.1) is 11.3 Å². The summed E-state index contributed by atoms with van der Waals surface area (Å²) < 4.78 is 12.4. The number of methoxy groups -OCH3 is 1. The Morgan fingerprint density at radius 2 is 2.26 bits per heavy atom. The number of hydrogen-bond acceptors (Lipinski definition) is 4. The van der Waals surface area contributed by atoms with Crippen LogP contribution in [-0.2, 0) is 21.4 Å². The highest BCUT2D eigenvalue weighted by Crippen LogP contribution is 2.62. The van der Waals surface area contributed by atoms with E-state index in [0.29, 0.717) is 24.7 Å². The Kier molecular flexibility index (Phi) is 3.50. The molecular formula is C18H23BrN2O2. The fraction of sp³-hybridized carbons (Fsp3) is 0.611. The third-order valence-electron chi connectivity index (χ3n) is 6.21. The van der Waals surface area contributed by atoms with Crippen molar-refractivity contribution in [2.24, 2.45) is 22.1 Å². The van der Waals surface area contributed by atoms with Crippen molar-refractivity contribution < 1.29 is 9.47 Å². The van der Waals surface area contributed by atoms with Crippen molar-refractivity contribution >= 4 is 22.0 Å². The van der Waals surface area contributed by atoms with Crippen LogP contribution in [0.2, 0.25) is 0 Å². The first-order valence-corrected chi connectivity index (χ1v) is 9.09. The highest BCUT2D eigenvalue weighted by molar-refractivity contribution is 9.10. The lowest BCUT2D eigenvalue weighted by Gasteiger charge is -2.47. The maximum absolute atomic E-state index is 5.95. The monoisotopic (exact) mass is 378 g/mol. The van der Waals surface area contributed by atoms with Gasteiger partial charge in [-0.3, -0.25) is 0 Å². The van der Waals surface area contributed by atoms with E-state index >= 15 is 0 Å². The lowest BCUT2D eigenvalue weighted by atomic mass is 9.59. The summed E-state index contributed by atoms with van der Waals surface area (Å²) in [6.45, 7) is 2.86. The van der Waals surface area contributed by atoms with Gasteiger partial charge >= 0.3 is 0 Å². The molecule has 124 valence electrons. The van der Waals surface area contributed by atoms with Gasteiger partial charge < -0.3 is 15.2 Å². The average molecular weight is 379 g/mol. The van der Waals surface area contributed by atoms with Crippen LogP contribution in [0.25, 0.3) is 0 Å². The molecule has 0 amide bonds. The zero-order chi connectivity index (χ0) is 16.2. The van der Waals surface area contributed by atoms with E-state index in [1.807, 2.05) is 7.11 Å². The van der Waals surface area contributed by atoms with Gasteiger partial charge in [0, 0.05) is 17.0 Å². The minimum Gasteiger partial charge on any atom is -0.462 e. The summed E-state index contributed by atoms with van der Waals surface area (Å²) in [4.78, 5) is 4.87. The normalized spacial score (nSPS) is 38.7. The molecule has 2 aliphatic carbocycles. The summed E-state index contributed by atoms with van der Waals surface area (Å²) in [5.41, 5.74) is 8.39. The van der Waals surface area contributed by atoms with Gasteiger partial charge in [-0.1, -0.05) is 28.9 Å². The molecule has 1 fully saturated rings. The van der Waals surface area contributed by atoms with Gasteiger partial charge in [-0.2, -0.15) is 0 Å². The van der Waals surface area contributed by atoms with E-state index in [1.165, 1.54) is 11.1 Å². The molecule has 0 aromatic heterocycles. The Hall–Kier alpha value is -1.07. The number of halogens is 1. The van der Waals surface area contributed by atoms with Crippen LogP contribution >= 0.6 is 15.9 Å². The van der Waals surface area contributed by atoms with Crippen LogP contribution in [0.4, 0.5) is 0 Å². The number of rotatable bonds is 1. The van der Waals surface area contributed by atoms with Gasteiger partial charge in [0.25, 0.3) is 6.02 Å². The Labute approximate surface area is 145 Å². The quantitative estimate of drug-likeness (QED) is 0.814. The van der Waals surface area contributed by atoms with Crippen LogP contribution < -0.4 is 5.73 Å². The molecule has 2 N–H and O–H groups in total. The second-order valence-corrected chi connectivity index (χ2v) is 8.27. The number of nitrogens with two attached hydrogens (primary N) is 1. The second-order valence-electron chi connectivity index (χ2n) is 7.35. The van der Waals surface area contributed by atoms with Crippen LogP contribution in [-0.4, -0.2) is 25.8 Å². The average Bonchev–Trinajstić information content (AvgIpc) is 3.02. The van der Waals surface area contributed by atoms with Gasteiger partial charge in [0.15, 0.2) is 0 Å². The maximum Gasteiger partial charge on any atom is 0.283 e. The van der Waals surface area contributed by atoms with Crippen LogP contribution in [0.3, 0.4) is 0 Å². The minimum absolute atomic E-state index is 0.0890. The van der Waals surface area contributed by atoms with Gasteiger partial charge in [-0.25, -0.2) is 4.99 Å². The molecule has 1 aliphatic heterocycles. The molecule has 1 saturated carbocycles. The van der Waals surface area contributed by atoms with Gasteiger partial charge in [0.1, 0.15) is 12.1 Å². The number of hydrogen-bond donors (Lipinski definition) is 1. The third-order valence-corrected chi connectivity index (χ3v) is 6.70. The maximum atomic E-state index is 5.95. The Bertz CT molecular complexity index is 677. The molecule has 4 rings (SSSR count). The SMILES string of the molecule is CO[C@@H]1CC[C@]2(Cc3ccc(Br)cc3[C@@]23COC(N)=N3)C[C@H]1C. The molecule has 1 heterocycles. The predicted molar refractivity (Wildman–Crippen MR) is 93.3 cm³/mol.